The number of morpholine rings is 1. The first kappa shape index (κ1) is 11.5. The molecule has 0 amide bonds. The van der Waals surface area contributed by atoms with Crippen LogP contribution in [0.15, 0.2) is 0 Å². The Bertz CT molecular complexity index is 206. The molecule has 2 atom stereocenters. The first-order chi connectivity index (χ1) is 6.52. The fourth-order valence-corrected chi connectivity index (χ4v) is 1.99. The van der Waals surface area contributed by atoms with Crippen molar-refractivity contribution in [3.05, 3.63) is 0 Å². The quantitative estimate of drug-likeness (QED) is 0.739. The van der Waals surface area contributed by atoms with Gasteiger partial charge in [0.15, 0.2) is 0 Å². The average Bonchev–Trinajstić information content (AvgIpc) is 2.07. The van der Waals surface area contributed by atoms with Crippen LogP contribution in [0.1, 0.15) is 27.2 Å². The van der Waals surface area contributed by atoms with Gasteiger partial charge in [0, 0.05) is 18.6 Å². The zero-order chi connectivity index (χ0) is 10.7. The third-order valence-corrected chi connectivity index (χ3v) is 2.75. The van der Waals surface area contributed by atoms with E-state index in [4.69, 9.17) is 9.84 Å². The minimum atomic E-state index is -0.752. The fraction of sp³-hybridized carbons (Fsp3) is 0.900. The van der Waals surface area contributed by atoms with Gasteiger partial charge in [-0.3, -0.25) is 9.69 Å². The molecule has 14 heavy (non-hydrogen) atoms. The van der Waals surface area contributed by atoms with E-state index in [0.717, 1.165) is 6.54 Å². The van der Waals surface area contributed by atoms with Gasteiger partial charge < -0.3 is 9.84 Å². The minimum Gasteiger partial charge on any atom is -0.481 e. The summed E-state index contributed by atoms with van der Waals surface area (Å²) in [6, 6.07) is 0.395. The third-order valence-electron chi connectivity index (χ3n) is 2.75. The maximum atomic E-state index is 10.7. The molecule has 2 unspecified atom stereocenters. The summed E-state index contributed by atoms with van der Waals surface area (Å²) in [6.07, 6.45) is 0.182. The number of carboxylic acids is 1. The van der Waals surface area contributed by atoms with Crippen molar-refractivity contribution < 1.29 is 14.6 Å². The predicted octanol–water partition coefficient (Wildman–Crippen LogP) is 0.959. The van der Waals surface area contributed by atoms with Gasteiger partial charge in [-0.1, -0.05) is 0 Å². The van der Waals surface area contributed by atoms with Crippen LogP contribution in [0.25, 0.3) is 0 Å². The van der Waals surface area contributed by atoms with Gasteiger partial charge in [-0.15, -0.1) is 0 Å². The SMILES string of the molecule is CC1OCCN(C(C)C)C1CC(=O)O. The number of carboxylic acid groups (broad SMARTS) is 1. The standard InChI is InChI=1S/C10H19NO3/c1-7(2)11-4-5-14-8(3)9(11)6-10(12)13/h7-9H,4-6H2,1-3H3,(H,12,13). The van der Waals surface area contributed by atoms with Crippen LogP contribution in [0.5, 0.6) is 0 Å². The number of rotatable bonds is 3. The van der Waals surface area contributed by atoms with E-state index in [1.54, 1.807) is 0 Å². The molecule has 1 saturated heterocycles. The topological polar surface area (TPSA) is 49.8 Å². The van der Waals surface area contributed by atoms with Crippen molar-refractivity contribution in [2.75, 3.05) is 13.2 Å². The van der Waals surface area contributed by atoms with Crippen LogP contribution in [0, 0.1) is 0 Å². The molecule has 1 fully saturated rings. The van der Waals surface area contributed by atoms with E-state index in [0.29, 0.717) is 12.6 Å². The van der Waals surface area contributed by atoms with E-state index in [9.17, 15) is 4.79 Å². The number of nitrogens with zero attached hydrogens (tertiary/aromatic N) is 1. The van der Waals surface area contributed by atoms with Crippen LogP contribution >= 0.6 is 0 Å². The number of hydrogen-bond donors (Lipinski definition) is 1. The van der Waals surface area contributed by atoms with Gasteiger partial charge in [0.2, 0.25) is 0 Å². The first-order valence-corrected chi connectivity index (χ1v) is 5.11. The number of ether oxygens (including phenoxy) is 1. The Labute approximate surface area is 84.8 Å². The van der Waals surface area contributed by atoms with Crippen molar-refractivity contribution in [1.29, 1.82) is 0 Å². The Hall–Kier alpha value is -0.610. The second-order valence-corrected chi connectivity index (χ2v) is 4.07. The van der Waals surface area contributed by atoms with Gasteiger partial charge in [0.1, 0.15) is 0 Å². The number of hydrogen-bond acceptors (Lipinski definition) is 3. The molecule has 0 spiro atoms. The van der Waals surface area contributed by atoms with E-state index < -0.39 is 5.97 Å². The molecule has 0 radical (unpaired) electrons. The van der Waals surface area contributed by atoms with Crippen LogP contribution < -0.4 is 0 Å². The summed E-state index contributed by atoms with van der Waals surface area (Å²) in [7, 11) is 0. The summed E-state index contributed by atoms with van der Waals surface area (Å²) in [5.41, 5.74) is 0. The Kier molecular flexibility index (Phi) is 3.89. The zero-order valence-electron chi connectivity index (χ0n) is 9.06. The number of carbonyl (C=O) groups is 1. The molecular weight excluding hydrogens is 182 g/mol. The molecule has 1 aliphatic heterocycles. The van der Waals surface area contributed by atoms with E-state index in [-0.39, 0.29) is 18.6 Å². The van der Waals surface area contributed by atoms with Crippen molar-refractivity contribution in [1.82, 2.24) is 4.90 Å². The molecule has 0 aromatic carbocycles. The molecule has 0 aliphatic carbocycles. The van der Waals surface area contributed by atoms with Gasteiger partial charge in [-0.25, -0.2) is 0 Å². The monoisotopic (exact) mass is 201 g/mol. The fourth-order valence-electron chi connectivity index (χ4n) is 1.99. The third kappa shape index (κ3) is 2.69. The van der Waals surface area contributed by atoms with Crippen molar-refractivity contribution >= 4 is 5.97 Å². The predicted molar refractivity (Wildman–Crippen MR) is 53.3 cm³/mol. The lowest BCUT2D eigenvalue weighted by Gasteiger charge is -2.41. The van der Waals surface area contributed by atoms with Gasteiger partial charge in [-0.2, -0.15) is 0 Å². The maximum absolute atomic E-state index is 10.7. The minimum absolute atomic E-state index is 0.0150. The van der Waals surface area contributed by atoms with Gasteiger partial charge in [0.05, 0.1) is 19.1 Å². The lowest BCUT2D eigenvalue weighted by Crippen LogP contribution is -2.53. The lowest BCUT2D eigenvalue weighted by molar-refractivity contribution is -0.143. The number of aliphatic carboxylic acids is 1. The van der Waals surface area contributed by atoms with Crippen LogP contribution in [-0.2, 0) is 9.53 Å². The smallest absolute Gasteiger partial charge is 0.305 e. The van der Waals surface area contributed by atoms with Crippen LogP contribution in [0.2, 0.25) is 0 Å². The highest BCUT2D eigenvalue weighted by molar-refractivity contribution is 5.67. The highest BCUT2D eigenvalue weighted by Gasteiger charge is 2.32. The molecule has 4 heteroatoms. The van der Waals surface area contributed by atoms with Crippen LogP contribution in [-0.4, -0.2) is 47.3 Å². The van der Waals surface area contributed by atoms with Gasteiger partial charge in [-0.05, 0) is 20.8 Å². The second-order valence-electron chi connectivity index (χ2n) is 4.07. The Morgan fingerprint density at radius 3 is 2.79 bits per heavy atom. The van der Waals surface area contributed by atoms with Crippen molar-refractivity contribution in [2.45, 2.75) is 45.4 Å². The Morgan fingerprint density at radius 1 is 1.64 bits per heavy atom. The summed E-state index contributed by atoms with van der Waals surface area (Å²) in [4.78, 5) is 12.9. The molecular formula is C10H19NO3. The maximum Gasteiger partial charge on any atom is 0.305 e. The molecule has 0 bridgehead atoms. The Balaban J connectivity index is 2.65. The van der Waals surface area contributed by atoms with E-state index in [2.05, 4.69) is 18.7 Å². The summed E-state index contributed by atoms with van der Waals surface area (Å²) in [6.45, 7) is 7.66. The summed E-state index contributed by atoms with van der Waals surface area (Å²) in [5.74, 6) is -0.752. The van der Waals surface area contributed by atoms with Gasteiger partial charge in [0.25, 0.3) is 0 Å². The summed E-state index contributed by atoms with van der Waals surface area (Å²) >= 11 is 0. The molecule has 1 aliphatic rings. The van der Waals surface area contributed by atoms with E-state index >= 15 is 0 Å². The van der Waals surface area contributed by atoms with Gasteiger partial charge >= 0.3 is 5.97 Å². The molecule has 0 aromatic rings. The normalized spacial score (nSPS) is 29.4. The molecule has 1 heterocycles. The second kappa shape index (κ2) is 4.75. The Morgan fingerprint density at radius 2 is 2.29 bits per heavy atom. The molecule has 4 nitrogen and oxygen atoms in total. The van der Waals surface area contributed by atoms with Crippen LogP contribution in [0.3, 0.4) is 0 Å². The van der Waals surface area contributed by atoms with Crippen molar-refractivity contribution in [3.8, 4) is 0 Å². The molecule has 82 valence electrons. The van der Waals surface area contributed by atoms with Crippen molar-refractivity contribution in [2.24, 2.45) is 0 Å². The lowest BCUT2D eigenvalue weighted by atomic mass is 10.0. The molecule has 0 saturated carbocycles. The summed E-state index contributed by atoms with van der Waals surface area (Å²) < 4.78 is 5.47. The van der Waals surface area contributed by atoms with E-state index in [1.165, 1.54) is 0 Å². The molecule has 0 aromatic heterocycles. The highest BCUT2D eigenvalue weighted by Crippen LogP contribution is 2.19. The highest BCUT2D eigenvalue weighted by atomic mass is 16.5. The molecule has 1 rings (SSSR count). The van der Waals surface area contributed by atoms with Crippen molar-refractivity contribution in [3.63, 3.8) is 0 Å². The van der Waals surface area contributed by atoms with E-state index in [1.807, 2.05) is 6.92 Å². The summed E-state index contributed by atoms with van der Waals surface area (Å²) in [5, 5.41) is 8.80. The van der Waals surface area contributed by atoms with Crippen LogP contribution in [0.4, 0.5) is 0 Å². The molecule has 1 N–H and O–H groups in total. The first-order valence-electron chi connectivity index (χ1n) is 5.11. The zero-order valence-corrected chi connectivity index (χ0v) is 9.06. The average molecular weight is 201 g/mol. The largest absolute Gasteiger partial charge is 0.481 e.